The van der Waals surface area contributed by atoms with Crippen LogP contribution in [-0.2, 0) is 58.0 Å². The molecule has 4 aromatic carbocycles. The summed E-state index contributed by atoms with van der Waals surface area (Å²) in [5, 5.41) is 15.7. The fraction of sp³-hybridized carbons (Fsp3) is 0.462. The highest BCUT2D eigenvalue weighted by atomic mass is 16.5. The van der Waals surface area contributed by atoms with Crippen LogP contribution < -0.4 is 43.6 Å². The molecule has 0 radical (unpaired) electrons. The minimum Gasteiger partial charge on any atom is -0.462 e. The highest BCUT2D eigenvalue weighted by Crippen LogP contribution is 2.40. The van der Waals surface area contributed by atoms with Gasteiger partial charge in [-0.25, -0.2) is 13.1 Å². The van der Waals surface area contributed by atoms with Crippen molar-refractivity contribution < 1.29 is 33.3 Å². The van der Waals surface area contributed by atoms with Crippen LogP contribution in [0.1, 0.15) is 72.3 Å². The summed E-state index contributed by atoms with van der Waals surface area (Å²) in [6, 6.07) is 33.3. The van der Waals surface area contributed by atoms with Crippen molar-refractivity contribution in [2.24, 2.45) is 0 Å². The second kappa shape index (κ2) is 38.9. The van der Waals surface area contributed by atoms with Crippen LogP contribution >= 0.6 is 0 Å². The third-order valence-electron chi connectivity index (χ3n) is 25.9. The van der Waals surface area contributed by atoms with Crippen molar-refractivity contribution in [1.29, 1.82) is 0 Å². The summed E-state index contributed by atoms with van der Waals surface area (Å²) in [5.41, 5.74) is 8.63. The monoisotopic (exact) mass is 1660 g/mol. The van der Waals surface area contributed by atoms with Gasteiger partial charge < -0.3 is 87.4 Å². The van der Waals surface area contributed by atoms with E-state index in [-0.39, 0.29) is 48.9 Å². The molecule has 9 aliphatic heterocycles. The Labute approximate surface area is 720 Å². The van der Waals surface area contributed by atoms with E-state index in [0.29, 0.717) is 141 Å². The minimum atomic E-state index is -0.236. The number of hydrogen-bond donors (Lipinski definition) is 0. The number of ether oxygens (including phenoxy) is 4. The standard InChI is InChI=1S/C32H40N6O3.C31H36N8O2.C30H35N9O2/c1-4-30(39)38-18-17-37(19-25(38)21-40-3)31-27-14-16-36(29-13-7-10-23-9-5-6-12-26(23)29)20-28(27)33-32(34-31)41-22-24-11-8-15-35(24)2;1-4-29(40)39-16-15-38(19-24(39)17-32-2)30-25-11-14-37(28-9-5-7-22-10-12-33-18-26(22)28)20-27(25)34-31(35-30)41-21-23-8-6-13-36(23)3;1-4-27(40)39-15-14-38(18-23(39)17-31-2)28-25-11-13-37(29-24-10-6-5-8-21(24)16-32-35-29)19-26(25)33-30(34-28)41-20-22-9-7-12-36(22)3/h4-7,9-10,12-13,24-25H,1,8,11,14-22H2,2-3H3;4-5,7,9-10,12,18,23-24H,1,6,8,11,13-17,19-21H2,3H3;4-6,8,10,16,22-23H,1,7,9,11-15,17-20H2,3H3/t24-,25?;23-,24-;22-,23-/m000/s1. The third kappa shape index (κ3) is 18.8. The molecule has 0 saturated carbocycles. The van der Waals surface area contributed by atoms with Crippen LogP contribution in [0.5, 0.6) is 18.0 Å². The Morgan fingerprint density at radius 3 is 1.28 bits per heavy atom. The van der Waals surface area contributed by atoms with Crippen molar-refractivity contribution in [1.82, 2.24) is 74.5 Å². The highest BCUT2D eigenvalue weighted by Gasteiger charge is 2.40. The Morgan fingerprint density at radius 2 is 0.829 bits per heavy atom. The van der Waals surface area contributed by atoms with E-state index in [4.69, 9.17) is 62.0 Å². The van der Waals surface area contributed by atoms with Crippen LogP contribution in [0.25, 0.3) is 42.0 Å². The number of amides is 3. The molecule has 1 unspecified atom stereocenters. The van der Waals surface area contributed by atoms with Crippen LogP contribution in [0, 0.1) is 13.1 Å². The zero-order chi connectivity index (χ0) is 85.0. The zero-order valence-corrected chi connectivity index (χ0v) is 71.2. The minimum absolute atomic E-state index is 0.0631. The number of pyridine rings is 1. The molecule has 6 saturated heterocycles. The number of likely N-dealkylation sites (tertiary alicyclic amines) is 3. The molecule has 3 amide bonds. The van der Waals surface area contributed by atoms with Gasteiger partial charge in [0, 0.05) is 166 Å². The number of carbonyl (C=O) groups is 3. The van der Waals surface area contributed by atoms with Crippen molar-refractivity contribution in [3.8, 4) is 18.0 Å². The Balaban J connectivity index is 0.000000137. The SMILES string of the molecule is C=CC(=O)N1CCN(c2nc(OC[C@@H]3CCCN3C)nc3c2CCN(c2cccc4ccccc24)C3)CC1COC.[C-]#[N+]C[C@H]1CN(c2nc(OC[C@@H]3CCCN3C)nc3c2CCN(c2cccc4ccncc24)C3)CCN1C(=O)C=C.[C-]#[N+]C[C@H]1CN(c2nc(OC[C@@H]3CCCN3C)nc3c2CCN(c2nncc4ccccc24)C3)CCN1C(=O)C=C. The lowest BCUT2D eigenvalue weighted by molar-refractivity contribution is -0.130. The molecule has 0 spiro atoms. The first kappa shape index (κ1) is 84.4. The van der Waals surface area contributed by atoms with Gasteiger partial charge >= 0.3 is 18.0 Å². The summed E-state index contributed by atoms with van der Waals surface area (Å²) < 4.78 is 24.3. The zero-order valence-electron chi connectivity index (χ0n) is 71.2. The number of anilines is 6. The second-order valence-electron chi connectivity index (χ2n) is 33.3. The van der Waals surface area contributed by atoms with Crippen LogP contribution in [0.15, 0.2) is 148 Å². The Kier molecular flexibility index (Phi) is 26.7. The molecule has 640 valence electrons. The van der Waals surface area contributed by atoms with E-state index in [9.17, 15) is 14.4 Å². The van der Waals surface area contributed by atoms with E-state index in [1.54, 1.807) is 23.1 Å². The molecule has 0 bridgehead atoms. The van der Waals surface area contributed by atoms with Crippen LogP contribution in [-0.4, -0.2) is 294 Å². The number of rotatable bonds is 22. The van der Waals surface area contributed by atoms with E-state index < -0.39 is 0 Å². The maximum absolute atomic E-state index is 12.6. The van der Waals surface area contributed by atoms with Crippen molar-refractivity contribution in [3.63, 3.8) is 0 Å². The lowest BCUT2D eigenvalue weighted by atomic mass is 10.0. The molecule has 5 aromatic heterocycles. The van der Waals surface area contributed by atoms with Gasteiger partial charge in [0.15, 0.2) is 5.82 Å². The Hall–Kier alpha value is -12.2. The number of piperazine rings is 3. The van der Waals surface area contributed by atoms with Gasteiger partial charge in [0.05, 0.1) is 55.6 Å². The first-order chi connectivity index (χ1) is 60.2. The number of methoxy groups -OCH3 is 1. The van der Waals surface area contributed by atoms with Gasteiger partial charge in [-0.05, 0) is 146 Å². The number of likely N-dealkylation sites (N-methyl/N-ethyl adjacent to an activating group) is 3. The van der Waals surface area contributed by atoms with Gasteiger partial charge in [0.1, 0.15) is 49.4 Å². The van der Waals surface area contributed by atoms with E-state index in [0.717, 1.165) is 163 Å². The van der Waals surface area contributed by atoms with E-state index in [1.165, 1.54) is 53.1 Å². The molecule has 30 nitrogen and oxygen atoms in total. The van der Waals surface area contributed by atoms with E-state index >= 15 is 0 Å². The fourth-order valence-electron chi connectivity index (χ4n) is 19.1. The summed E-state index contributed by atoms with van der Waals surface area (Å²) in [6.45, 7) is 41.3. The fourth-order valence-corrected chi connectivity index (χ4v) is 19.1. The predicted octanol–water partition coefficient (Wildman–Crippen LogP) is 9.28. The molecule has 0 aliphatic carbocycles. The van der Waals surface area contributed by atoms with E-state index in [1.807, 2.05) is 41.6 Å². The number of fused-ring (bicyclic) bond motifs is 6. The van der Waals surface area contributed by atoms with Crippen molar-refractivity contribution in [3.05, 3.63) is 204 Å². The van der Waals surface area contributed by atoms with Crippen LogP contribution in [0.3, 0.4) is 0 Å². The molecule has 123 heavy (non-hydrogen) atoms. The van der Waals surface area contributed by atoms with Gasteiger partial charge in [-0.15, -0.1) is 5.10 Å². The number of aromatic nitrogens is 9. The van der Waals surface area contributed by atoms with E-state index in [2.05, 4.69) is 177 Å². The van der Waals surface area contributed by atoms with Gasteiger partial charge in [-0.3, -0.25) is 19.4 Å². The third-order valence-corrected chi connectivity index (χ3v) is 25.9. The lowest BCUT2D eigenvalue weighted by Crippen LogP contribution is -2.57. The van der Waals surface area contributed by atoms with Gasteiger partial charge in [0.25, 0.3) is 0 Å². The maximum atomic E-state index is 12.6. The average Bonchev–Trinajstić information content (AvgIpc) is 1.47. The van der Waals surface area contributed by atoms with Crippen molar-refractivity contribution in [2.75, 3.05) is 195 Å². The first-order valence-corrected chi connectivity index (χ1v) is 43.3. The summed E-state index contributed by atoms with van der Waals surface area (Å²) in [5.74, 6) is 3.14. The van der Waals surface area contributed by atoms with Crippen molar-refractivity contribution >= 4 is 84.7 Å². The number of nitrogens with zero attached hydrogens (tertiary/aromatic N) is 23. The largest absolute Gasteiger partial charge is 0.462 e. The number of hydrogen-bond acceptors (Lipinski definition) is 25. The molecule has 0 N–H and O–H groups in total. The molecule has 30 heteroatoms. The molecule has 18 rings (SSSR count). The van der Waals surface area contributed by atoms with Gasteiger partial charge in [-0.1, -0.05) is 92.5 Å². The topological polar surface area (TPSA) is 252 Å². The highest BCUT2D eigenvalue weighted by molar-refractivity contribution is 5.96. The predicted molar refractivity (Wildman–Crippen MR) is 478 cm³/mol. The first-order valence-electron chi connectivity index (χ1n) is 43.3. The maximum Gasteiger partial charge on any atom is 0.318 e. The summed E-state index contributed by atoms with van der Waals surface area (Å²) in [7, 11) is 8.10. The quantitative estimate of drug-likeness (QED) is 0.0452. The Morgan fingerprint density at radius 1 is 0.423 bits per heavy atom. The summed E-state index contributed by atoms with van der Waals surface area (Å²) in [6.07, 6.45) is 18.8. The molecule has 6 atom stereocenters. The van der Waals surface area contributed by atoms with Crippen LogP contribution in [0.2, 0.25) is 0 Å². The second-order valence-corrected chi connectivity index (χ2v) is 33.3. The van der Waals surface area contributed by atoms with Crippen LogP contribution in [0.4, 0.5) is 34.6 Å². The number of carbonyl (C=O) groups excluding carboxylic acids is 3. The molecular formula is C93H111N23O7. The summed E-state index contributed by atoms with van der Waals surface area (Å²) >= 11 is 0. The average molecular weight is 1660 g/mol. The van der Waals surface area contributed by atoms with Gasteiger partial charge in [0.2, 0.25) is 30.8 Å². The summed E-state index contributed by atoms with van der Waals surface area (Å²) in [4.78, 5) is 105. The lowest BCUT2D eigenvalue weighted by Gasteiger charge is -2.42. The molecule has 6 fully saturated rings. The Bertz CT molecular complexity index is 5190. The normalized spacial score (nSPS) is 21.1. The smallest absolute Gasteiger partial charge is 0.318 e. The molecular weight excluding hydrogens is 1550 g/mol. The van der Waals surface area contributed by atoms with Crippen molar-refractivity contribution in [2.45, 2.75) is 114 Å². The number of benzene rings is 4. The van der Waals surface area contributed by atoms with Gasteiger partial charge in [-0.2, -0.15) is 35.0 Å². The molecule has 14 heterocycles. The molecule has 9 aromatic rings. The molecule has 9 aliphatic rings.